The zero-order valence-corrected chi connectivity index (χ0v) is 28.8. The summed E-state index contributed by atoms with van der Waals surface area (Å²) in [5.41, 5.74) is 18.8. The molecule has 7 N–H and O–H groups in total. The van der Waals surface area contributed by atoms with Crippen LogP contribution in [-0.4, -0.2) is 47.8 Å². The zero-order valence-electron chi connectivity index (χ0n) is 28.8. The van der Waals surface area contributed by atoms with E-state index in [9.17, 15) is 19.2 Å². The second-order valence-corrected chi connectivity index (χ2v) is 13.5. The standard InChI is InChI=1S/C40H47N5O4/c1-25(36(42)46)43-39(49)35(24-28-13-17-30(18-14-28)29-9-7-6-8-10-29)45-37(47)26(2)44-38(48)34(41)23-27-11-15-31(16-12-27)32-19-21-33(22-20-32)40(3,4)5/h6-22,25-26,34-35H,23-24,41H2,1-5H3,(H2,42,46)(H,43,49)(H,44,48)(H,45,47)/t25-,26-,34-,35-/m0/s1. The van der Waals surface area contributed by atoms with Gasteiger partial charge in [-0.15, -0.1) is 0 Å². The van der Waals surface area contributed by atoms with Gasteiger partial charge in [0.1, 0.15) is 18.1 Å². The Labute approximate surface area is 288 Å². The van der Waals surface area contributed by atoms with E-state index in [4.69, 9.17) is 11.5 Å². The lowest BCUT2D eigenvalue weighted by atomic mass is 9.86. The average molecular weight is 662 g/mol. The Hall–Kier alpha value is -5.28. The molecule has 0 bridgehead atoms. The summed E-state index contributed by atoms with van der Waals surface area (Å²) >= 11 is 0. The highest BCUT2D eigenvalue weighted by Gasteiger charge is 2.27. The number of primary amides is 1. The van der Waals surface area contributed by atoms with Crippen LogP contribution < -0.4 is 27.4 Å². The first-order chi connectivity index (χ1) is 23.2. The summed E-state index contributed by atoms with van der Waals surface area (Å²) in [5.74, 6) is -2.35. The van der Waals surface area contributed by atoms with Crippen molar-refractivity contribution in [2.45, 2.75) is 77.0 Å². The monoisotopic (exact) mass is 661 g/mol. The molecule has 9 heteroatoms. The van der Waals surface area contributed by atoms with Gasteiger partial charge in [0.25, 0.3) is 0 Å². The minimum atomic E-state index is -1.03. The van der Waals surface area contributed by atoms with Gasteiger partial charge in [-0.25, -0.2) is 0 Å². The Morgan fingerprint density at radius 2 is 1.02 bits per heavy atom. The van der Waals surface area contributed by atoms with Gasteiger partial charge in [0.2, 0.25) is 23.6 Å². The first-order valence-corrected chi connectivity index (χ1v) is 16.5. The summed E-state index contributed by atoms with van der Waals surface area (Å²) in [4.78, 5) is 51.0. The van der Waals surface area contributed by atoms with E-state index in [2.05, 4.69) is 61.0 Å². The zero-order chi connectivity index (χ0) is 35.7. The summed E-state index contributed by atoms with van der Waals surface area (Å²) < 4.78 is 0. The molecular weight excluding hydrogens is 614 g/mol. The van der Waals surface area contributed by atoms with Crippen molar-refractivity contribution >= 4 is 23.6 Å². The Bertz CT molecular complexity index is 1730. The molecule has 4 aromatic carbocycles. The van der Waals surface area contributed by atoms with E-state index in [-0.39, 0.29) is 18.3 Å². The molecule has 0 fully saturated rings. The molecule has 49 heavy (non-hydrogen) atoms. The van der Waals surface area contributed by atoms with E-state index in [0.717, 1.165) is 33.4 Å². The van der Waals surface area contributed by atoms with Gasteiger partial charge in [-0.1, -0.05) is 124 Å². The van der Waals surface area contributed by atoms with E-state index in [1.165, 1.54) is 19.4 Å². The van der Waals surface area contributed by atoms with Crippen molar-refractivity contribution in [2.75, 3.05) is 0 Å². The van der Waals surface area contributed by atoms with Crippen LogP contribution in [0, 0.1) is 0 Å². The number of amides is 4. The number of benzene rings is 4. The molecule has 0 heterocycles. The average Bonchev–Trinajstić information content (AvgIpc) is 3.08. The van der Waals surface area contributed by atoms with E-state index < -0.39 is 47.8 Å². The Kier molecular flexibility index (Phi) is 12.1. The van der Waals surface area contributed by atoms with Crippen LogP contribution >= 0.6 is 0 Å². The van der Waals surface area contributed by atoms with Crippen LogP contribution in [0.3, 0.4) is 0 Å². The van der Waals surface area contributed by atoms with E-state index in [0.29, 0.717) is 0 Å². The van der Waals surface area contributed by atoms with Crippen molar-refractivity contribution in [3.05, 3.63) is 120 Å². The third kappa shape index (κ3) is 10.4. The predicted octanol–water partition coefficient (Wildman–Crippen LogP) is 4.41. The molecular formula is C40H47N5O4. The lowest BCUT2D eigenvalue weighted by Crippen LogP contribution is -2.57. The minimum Gasteiger partial charge on any atom is -0.368 e. The number of nitrogens with one attached hydrogen (secondary N) is 3. The molecule has 4 rings (SSSR count). The number of carbonyl (C=O) groups excluding carboxylic acids is 4. The molecule has 0 aliphatic heterocycles. The van der Waals surface area contributed by atoms with Crippen molar-refractivity contribution in [1.29, 1.82) is 0 Å². The van der Waals surface area contributed by atoms with Gasteiger partial charge in [0, 0.05) is 6.42 Å². The molecule has 0 radical (unpaired) electrons. The topological polar surface area (TPSA) is 156 Å². The summed E-state index contributed by atoms with van der Waals surface area (Å²) in [5, 5.41) is 7.94. The van der Waals surface area contributed by atoms with Gasteiger partial charge in [-0.2, -0.15) is 0 Å². The molecule has 256 valence electrons. The Balaban J connectivity index is 1.36. The van der Waals surface area contributed by atoms with E-state index >= 15 is 0 Å². The molecule has 0 spiro atoms. The number of hydrogen-bond acceptors (Lipinski definition) is 5. The number of hydrogen-bond donors (Lipinski definition) is 5. The van der Waals surface area contributed by atoms with Gasteiger partial charge in [0.05, 0.1) is 6.04 Å². The van der Waals surface area contributed by atoms with Crippen molar-refractivity contribution in [1.82, 2.24) is 16.0 Å². The number of nitrogens with two attached hydrogens (primary N) is 2. The van der Waals surface area contributed by atoms with Crippen molar-refractivity contribution < 1.29 is 19.2 Å². The lowest BCUT2D eigenvalue weighted by molar-refractivity contribution is -0.133. The highest BCUT2D eigenvalue weighted by atomic mass is 16.2. The maximum atomic E-state index is 13.2. The third-order valence-corrected chi connectivity index (χ3v) is 8.50. The van der Waals surface area contributed by atoms with E-state index in [1.807, 2.05) is 78.9 Å². The third-order valence-electron chi connectivity index (χ3n) is 8.50. The first kappa shape index (κ1) is 36.6. The summed E-state index contributed by atoms with van der Waals surface area (Å²) in [6.07, 6.45) is 0.424. The number of carbonyl (C=O) groups is 4. The molecule has 0 aliphatic carbocycles. The fourth-order valence-electron chi connectivity index (χ4n) is 5.32. The molecule has 4 atom stereocenters. The van der Waals surface area contributed by atoms with Crippen LogP contribution in [0.2, 0.25) is 0 Å². The van der Waals surface area contributed by atoms with E-state index in [1.54, 1.807) is 0 Å². The Morgan fingerprint density at radius 1 is 0.571 bits per heavy atom. The van der Waals surface area contributed by atoms with Crippen LogP contribution in [0.5, 0.6) is 0 Å². The fourth-order valence-corrected chi connectivity index (χ4v) is 5.32. The molecule has 0 unspecified atom stereocenters. The molecule has 0 aliphatic rings. The summed E-state index contributed by atoms with van der Waals surface area (Å²) in [6, 6.07) is 30.0. The number of rotatable bonds is 13. The predicted molar refractivity (Wildman–Crippen MR) is 194 cm³/mol. The van der Waals surface area contributed by atoms with Crippen LogP contribution in [0.1, 0.15) is 51.3 Å². The molecule has 4 aromatic rings. The van der Waals surface area contributed by atoms with Crippen LogP contribution in [0.15, 0.2) is 103 Å². The van der Waals surface area contributed by atoms with Crippen molar-refractivity contribution in [3.8, 4) is 22.3 Å². The first-order valence-electron chi connectivity index (χ1n) is 16.5. The Morgan fingerprint density at radius 3 is 1.51 bits per heavy atom. The molecule has 4 amide bonds. The smallest absolute Gasteiger partial charge is 0.243 e. The van der Waals surface area contributed by atoms with Gasteiger partial charge in [0.15, 0.2) is 0 Å². The SMILES string of the molecule is C[C@H](NC(=O)[C@H](Cc1ccc(-c2ccccc2)cc1)NC(=O)[C@H](C)NC(=O)[C@@H](N)Cc1ccc(-c2ccc(C(C)(C)C)cc2)cc1)C(N)=O. The molecule has 9 nitrogen and oxygen atoms in total. The highest BCUT2D eigenvalue weighted by Crippen LogP contribution is 2.26. The van der Waals surface area contributed by atoms with Gasteiger partial charge < -0.3 is 27.4 Å². The maximum absolute atomic E-state index is 13.2. The van der Waals surface area contributed by atoms with Gasteiger partial charge in [-0.05, 0) is 64.6 Å². The van der Waals surface area contributed by atoms with Crippen LogP contribution in [0.4, 0.5) is 0 Å². The minimum absolute atomic E-state index is 0.0777. The van der Waals surface area contributed by atoms with Crippen LogP contribution in [-0.2, 0) is 37.4 Å². The van der Waals surface area contributed by atoms with Gasteiger partial charge >= 0.3 is 0 Å². The molecule has 0 saturated heterocycles. The lowest BCUT2D eigenvalue weighted by Gasteiger charge is -2.23. The van der Waals surface area contributed by atoms with Crippen LogP contribution in [0.25, 0.3) is 22.3 Å². The summed E-state index contributed by atoms with van der Waals surface area (Å²) in [7, 11) is 0. The second kappa shape index (κ2) is 16.2. The van der Waals surface area contributed by atoms with Crippen molar-refractivity contribution in [3.63, 3.8) is 0 Å². The molecule has 0 saturated carbocycles. The quantitative estimate of drug-likeness (QED) is 0.144. The molecule has 0 aromatic heterocycles. The second-order valence-electron chi connectivity index (χ2n) is 13.5. The fraction of sp³-hybridized carbons (Fsp3) is 0.300. The summed E-state index contributed by atoms with van der Waals surface area (Å²) in [6.45, 7) is 9.54. The largest absolute Gasteiger partial charge is 0.368 e. The maximum Gasteiger partial charge on any atom is 0.243 e. The normalized spacial score (nSPS) is 13.8. The van der Waals surface area contributed by atoms with Gasteiger partial charge in [-0.3, -0.25) is 19.2 Å². The van der Waals surface area contributed by atoms with Crippen molar-refractivity contribution in [2.24, 2.45) is 11.5 Å². The highest BCUT2D eigenvalue weighted by molar-refractivity contribution is 5.94.